The molecule has 0 aromatic rings. The fourth-order valence-corrected chi connectivity index (χ4v) is 1.31. The zero-order valence-corrected chi connectivity index (χ0v) is 11.1. The first-order chi connectivity index (χ1) is 6.56. The van der Waals surface area contributed by atoms with Crippen molar-refractivity contribution < 1.29 is 0 Å². The Hall–Kier alpha value is 0.0400. The van der Waals surface area contributed by atoms with E-state index >= 15 is 0 Å². The van der Waals surface area contributed by atoms with Crippen LogP contribution in [0.15, 0.2) is 0 Å². The molecule has 2 nitrogen and oxygen atoms in total. The third-order valence-electron chi connectivity index (χ3n) is 1.35. The van der Waals surface area contributed by atoms with Crippen molar-refractivity contribution in [1.82, 2.24) is 10.6 Å². The zero-order valence-electron chi connectivity index (χ0n) is 7.70. The van der Waals surface area contributed by atoms with E-state index in [9.17, 15) is 0 Å². The van der Waals surface area contributed by atoms with Crippen LogP contribution in [0.25, 0.3) is 0 Å². The summed E-state index contributed by atoms with van der Waals surface area (Å²) in [6, 6.07) is 0.109. The lowest BCUT2D eigenvalue weighted by atomic mass is 10.2. The molecular weight excluding hydrogens is 252 g/mol. The zero-order chi connectivity index (χ0) is 11.0. The molecule has 0 saturated heterocycles. The third kappa shape index (κ3) is 8.63. The van der Waals surface area contributed by atoms with E-state index in [1.807, 2.05) is 0 Å². The maximum atomic E-state index is 4.83. The number of hydrogen-bond acceptors (Lipinski definition) is 2. The molecule has 0 heterocycles. The van der Waals surface area contributed by atoms with Gasteiger partial charge in [-0.15, -0.1) is 37.1 Å². The highest BCUT2D eigenvalue weighted by atomic mass is 32.1. The highest BCUT2D eigenvalue weighted by Crippen LogP contribution is 1.93. The van der Waals surface area contributed by atoms with E-state index in [0.29, 0.717) is 21.6 Å². The summed E-state index contributed by atoms with van der Waals surface area (Å²) in [5.41, 5.74) is 0. The van der Waals surface area contributed by atoms with Gasteiger partial charge in [-0.1, -0.05) is 24.4 Å². The SMILES string of the molecule is CC#CCC(CNC(=S)S)NC(=S)S. The van der Waals surface area contributed by atoms with Crippen LogP contribution in [0.5, 0.6) is 0 Å². The molecule has 0 fully saturated rings. The number of thiol groups is 2. The maximum absolute atomic E-state index is 4.83. The van der Waals surface area contributed by atoms with E-state index in [1.54, 1.807) is 6.92 Å². The van der Waals surface area contributed by atoms with Crippen LogP contribution in [-0.4, -0.2) is 21.2 Å². The number of rotatable bonds is 4. The summed E-state index contributed by atoms with van der Waals surface area (Å²) in [5, 5.41) is 5.94. The van der Waals surface area contributed by atoms with Crippen molar-refractivity contribution in [1.29, 1.82) is 0 Å². The predicted molar refractivity (Wildman–Crippen MR) is 76.2 cm³/mol. The molecule has 1 unspecified atom stereocenters. The standard InChI is InChI=1S/C8H12N2S4/c1-2-3-4-6(10-8(13)14)5-9-7(11)12/h6H,4-5H2,1H3,(H2,9,11,12)(H2,10,13,14). The first-order valence-corrected chi connectivity index (χ1v) is 5.63. The molecule has 0 spiro atoms. The van der Waals surface area contributed by atoms with Crippen molar-refractivity contribution in [3.63, 3.8) is 0 Å². The molecular formula is C8H12N2S4. The average Bonchev–Trinajstić information content (AvgIpc) is 2.09. The Morgan fingerprint density at radius 1 is 1.36 bits per heavy atom. The lowest BCUT2D eigenvalue weighted by Crippen LogP contribution is -2.40. The van der Waals surface area contributed by atoms with Gasteiger partial charge in [0.15, 0.2) is 0 Å². The average molecular weight is 264 g/mol. The summed E-state index contributed by atoms with van der Waals surface area (Å²) in [7, 11) is 0. The summed E-state index contributed by atoms with van der Waals surface area (Å²) in [4.78, 5) is 0. The lowest BCUT2D eigenvalue weighted by Gasteiger charge is -2.16. The van der Waals surface area contributed by atoms with E-state index in [4.69, 9.17) is 24.4 Å². The molecule has 6 heteroatoms. The minimum atomic E-state index is 0.109. The van der Waals surface area contributed by atoms with Gasteiger partial charge < -0.3 is 10.6 Å². The van der Waals surface area contributed by atoms with E-state index in [1.165, 1.54) is 0 Å². The molecule has 0 aromatic carbocycles. The van der Waals surface area contributed by atoms with Gasteiger partial charge in [-0.05, 0) is 6.92 Å². The quantitative estimate of drug-likeness (QED) is 0.350. The van der Waals surface area contributed by atoms with Crippen molar-refractivity contribution in [2.75, 3.05) is 6.54 Å². The van der Waals surface area contributed by atoms with Gasteiger partial charge in [0.1, 0.15) is 8.64 Å². The van der Waals surface area contributed by atoms with E-state index in [0.717, 1.165) is 0 Å². The smallest absolute Gasteiger partial charge is 0.130 e. The first kappa shape index (κ1) is 14.0. The molecule has 0 saturated carbocycles. The Kier molecular flexibility index (Phi) is 8.38. The highest BCUT2D eigenvalue weighted by molar-refractivity contribution is 8.11. The Morgan fingerprint density at radius 3 is 2.43 bits per heavy atom. The largest absolute Gasteiger partial charge is 0.369 e. The van der Waals surface area contributed by atoms with Gasteiger partial charge in [0.2, 0.25) is 0 Å². The molecule has 0 aliphatic heterocycles. The van der Waals surface area contributed by atoms with Crippen molar-refractivity contribution in [2.24, 2.45) is 0 Å². The van der Waals surface area contributed by atoms with Crippen LogP contribution in [0.2, 0.25) is 0 Å². The summed E-state index contributed by atoms with van der Waals surface area (Å²) < 4.78 is 0.922. The molecule has 0 bridgehead atoms. The lowest BCUT2D eigenvalue weighted by molar-refractivity contribution is 0.615. The fraction of sp³-hybridized carbons (Fsp3) is 0.500. The summed E-state index contributed by atoms with van der Waals surface area (Å²) in [6.07, 6.45) is 0.695. The molecule has 0 radical (unpaired) electrons. The van der Waals surface area contributed by atoms with Crippen LogP contribution < -0.4 is 10.6 Å². The van der Waals surface area contributed by atoms with E-state index in [2.05, 4.69) is 47.7 Å². The van der Waals surface area contributed by atoms with Gasteiger partial charge in [0.25, 0.3) is 0 Å². The first-order valence-electron chi connectivity index (χ1n) is 3.92. The molecule has 0 amide bonds. The Balaban J connectivity index is 4.00. The molecule has 1 atom stereocenters. The van der Waals surface area contributed by atoms with Crippen molar-refractivity contribution in [3.05, 3.63) is 0 Å². The van der Waals surface area contributed by atoms with Gasteiger partial charge >= 0.3 is 0 Å². The third-order valence-corrected chi connectivity index (χ3v) is 1.90. The van der Waals surface area contributed by atoms with Crippen molar-refractivity contribution in [3.8, 4) is 11.8 Å². The minimum absolute atomic E-state index is 0.109. The second-order valence-electron chi connectivity index (χ2n) is 2.46. The number of hydrogen-bond donors (Lipinski definition) is 4. The van der Waals surface area contributed by atoms with Gasteiger partial charge in [0, 0.05) is 13.0 Å². The van der Waals surface area contributed by atoms with Crippen LogP contribution in [0, 0.1) is 11.8 Å². The Bertz CT molecular complexity index is 266. The fourth-order valence-electron chi connectivity index (χ4n) is 0.785. The van der Waals surface area contributed by atoms with Crippen LogP contribution in [-0.2, 0) is 0 Å². The summed E-state index contributed by atoms with van der Waals surface area (Å²) in [6.45, 7) is 2.43. The van der Waals surface area contributed by atoms with E-state index in [-0.39, 0.29) is 6.04 Å². The number of thiocarbonyl (C=S) groups is 2. The van der Waals surface area contributed by atoms with Crippen LogP contribution in [0.4, 0.5) is 0 Å². The van der Waals surface area contributed by atoms with Gasteiger partial charge in [-0.2, -0.15) is 0 Å². The highest BCUT2D eigenvalue weighted by Gasteiger charge is 2.06. The molecule has 0 aliphatic rings. The Labute approximate surface area is 106 Å². The van der Waals surface area contributed by atoms with Crippen LogP contribution in [0.3, 0.4) is 0 Å². The molecule has 0 rings (SSSR count). The second kappa shape index (κ2) is 8.36. The maximum Gasteiger partial charge on any atom is 0.130 e. The molecule has 0 aromatic heterocycles. The van der Waals surface area contributed by atoms with Crippen LogP contribution >= 0.6 is 49.7 Å². The van der Waals surface area contributed by atoms with E-state index < -0.39 is 0 Å². The van der Waals surface area contributed by atoms with Gasteiger partial charge in [0.05, 0.1) is 6.04 Å². The summed E-state index contributed by atoms with van der Waals surface area (Å²) >= 11 is 17.6. The minimum Gasteiger partial charge on any atom is -0.369 e. The summed E-state index contributed by atoms with van der Waals surface area (Å²) in [5.74, 6) is 5.78. The van der Waals surface area contributed by atoms with Crippen molar-refractivity contribution >= 4 is 58.3 Å². The second-order valence-corrected chi connectivity index (χ2v) is 4.78. The monoisotopic (exact) mass is 264 g/mol. The predicted octanol–water partition coefficient (Wildman–Crippen LogP) is 1.38. The van der Waals surface area contributed by atoms with Crippen molar-refractivity contribution in [2.45, 2.75) is 19.4 Å². The molecule has 78 valence electrons. The van der Waals surface area contributed by atoms with Crippen LogP contribution in [0.1, 0.15) is 13.3 Å². The number of nitrogens with one attached hydrogen (secondary N) is 2. The molecule has 0 aliphatic carbocycles. The van der Waals surface area contributed by atoms with Gasteiger partial charge in [-0.3, -0.25) is 0 Å². The molecule has 14 heavy (non-hydrogen) atoms. The van der Waals surface area contributed by atoms with Gasteiger partial charge in [-0.25, -0.2) is 0 Å². The molecule has 2 N–H and O–H groups in total. The topological polar surface area (TPSA) is 24.1 Å². The Morgan fingerprint density at radius 2 is 2.00 bits per heavy atom. The normalized spacial score (nSPS) is 10.8.